The lowest BCUT2D eigenvalue weighted by atomic mass is 10.1. The van der Waals surface area contributed by atoms with E-state index in [0.29, 0.717) is 6.42 Å². The Morgan fingerprint density at radius 2 is 2.38 bits per heavy atom. The van der Waals surface area contributed by atoms with Crippen LogP contribution in [0.4, 0.5) is 10.1 Å². The fourth-order valence-electron chi connectivity index (χ4n) is 1.69. The molecule has 1 heterocycles. The quantitative estimate of drug-likeness (QED) is 0.687. The van der Waals surface area contributed by atoms with Crippen LogP contribution in [-0.4, -0.2) is 12.1 Å². The molecule has 2 atom stereocenters. The third-order valence-corrected chi connectivity index (χ3v) is 2.52. The van der Waals surface area contributed by atoms with Crippen LogP contribution >= 0.6 is 0 Å². The number of fused-ring (bicyclic) bond motifs is 1. The number of nitrogens with one attached hydrogen (secondary N) is 1. The molecule has 0 saturated heterocycles. The van der Waals surface area contributed by atoms with Crippen LogP contribution in [0.2, 0.25) is 0 Å². The second kappa shape index (κ2) is 3.00. The van der Waals surface area contributed by atoms with Gasteiger partial charge < -0.3 is 11.1 Å². The number of rotatable bonds is 1. The van der Waals surface area contributed by atoms with E-state index in [4.69, 9.17) is 5.73 Å². The first-order chi connectivity index (χ1) is 6.18. The van der Waals surface area contributed by atoms with Gasteiger partial charge in [-0.15, -0.1) is 0 Å². The molecule has 13 heavy (non-hydrogen) atoms. The van der Waals surface area contributed by atoms with E-state index in [0.717, 1.165) is 11.3 Å². The Kier molecular flexibility index (Phi) is 1.96. The minimum atomic E-state index is -0.131. The van der Waals surface area contributed by atoms with E-state index < -0.39 is 0 Å². The highest BCUT2D eigenvalue weighted by atomic mass is 19.1. The molecule has 1 aliphatic rings. The smallest absolute Gasteiger partial charge is 0.128 e. The first kappa shape index (κ1) is 8.51. The number of nitrogens with two attached hydrogens (primary N) is 1. The van der Waals surface area contributed by atoms with E-state index in [2.05, 4.69) is 5.32 Å². The first-order valence-electron chi connectivity index (χ1n) is 4.48. The zero-order chi connectivity index (χ0) is 9.42. The molecule has 2 rings (SSSR count). The van der Waals surface area contributed by atoms with Gasteiger partial charge in [0, 0.05) is 23.3 Å². The van der Waals surface area contributed by atoms with Crippen molar-refractivity contribution in [3.8, 4) is 0 Å². The Morgan fingerprint density at radius 1 is 1.62 bits per heavy atom. The molecule has 2 unspecified atom stereocenters. The normalized spacial score (nSPS) is 22.2. The van der Waals surface area contributed by atoms with Gasteiger partial charge in [0.25, 0.3) is 0 Å². The van der Waals surface area contributed by atoms with E-state index in [-0.39, 0.29) is 17.9 Å². The maximum absolute atomic E-state index is 13.2. The van der Waals surface area contributed by atoms with Crippen molar-refractivity contribution in [1.82, 2.24) is 0 Å². The van der Waals surface area contributed by atoms with Crippen LogP contribution in [0.25, 0.3) is 0 Å². The monoisotopic (exact) mass is 180 g/mol. The molecule has 0 radical (unpaired) electrons. The molecular weight excluding hydrogens is 167 g/mol. The summed E-state index contributed by atoms with van der Waals surface area (Å²) in [5.74, 6) is -0.131. The van der Waals surface area contributed by atoms with Crippen molar-refractivity contribution < 1.29 is 4.39 Å². The van der Waals surface area contributed by atoms with E-state index >= 15 is 0 Å². The highest BCUT2D eigenvalue weighted by molar-refractivity contribution is 5.57. The Hall–Kier alpha value is -1.09. The molecule has 0 aliphatic carbocycles. The third-order valence-electron chi connectivity index (χ3n) is 2.52. The van der Waals surface area contributed by atoms with E-state index in [1.165, 1.54) is 6.07 Å². The van der Waals surface area contributed by atoms with Gasteiger partial charge in [-0.05, 0) is 25.5 Å². The summed E-state index contributed by atoms with van der Waals surface area (Å²) < 4.78 is 13.2. The first-order valence-corrected chi connectivity index (χ1v) is 4.48. The molecule has 1 aromatic rings. The van der Waals surface area contributed by atoms with Crippen molar-refractivity contribution in [3.05, 3.63) is 29.6 Å². The molecule has 0 aromatic heterocycles. The van der Waals surface area contributed by atoms with Gasteiger partial charge in [0.05, 0.1) is 0 Å². The van der Waals surface area contributed by atoms with E-state index in [9.17, 15) is 4.39 Å². The minimum absolute atomic E-state index is 0.0480. The van der Waals surface area contributed by atoms with Crippen LogP contribution in [0.1, 0.15) is 12.5 Å². The largest absolute Gasteiger partial charge is 0.380 e. The number of anilines is 1. The minimum Gasteiger partial charge on any atom is -0.380 e. The van der Waals surface area contributed by atoms with Gasteiger partial charge in [0.15, 0.2) is 0 Å². The second-order valence-corrected chi connectivity index (χ2v) is 3.58. The van der Waals surface area contributed by atoms with E-state index in [1.54, 1.807) is 6.07 Å². The van der Waals surface area contributed by atoms with Crippen molar-refractivity contribution in [1.29, 1.82) is 0 Å². The van der Waals surface area contributed by atoms with Crippen molar-refractivity contribution in [2.45, 2.75) is 25.4 Å². The number of hydrogen-bond acceptors (Lipinski definition) is 2. The van der Waals surface area contributed by atoms with Gasteiger partial charge in [-0.25, -0.2) is 4.39 Å². The summed E-state index contributed by atoms with van der Waals surface area (Å²) in [6, 6.07) is 5.31. The van der Waals surface area contributed by atoms with Gasteiger partial charge in [-0.3, -0.25) is 0 Å². The van der Waals surface area contributed by atoms with Gasteiger partial charge >= 0.3 is 0 Å². The fourth-order valence-corrected chi connectivity index (χ4v) is 1.69. The summed E-state index contributed by atoms with van der Waals surface area (Å²) in [7, 11) is 0. The average molecular weight is 180 g/mol. The summed E-state index contributed by atoms with van der Waals surface area (Å²) in [5, 5.41) is 3.21. The summed E-state index contributed by atoms with van der Waals surface area (Å²) in [4.78, 5) is 0. The summed E-state index contributed by atoms with van der Waals surface area (Å²) in [6.45, 7) is 1.93. The van der Waals surface area contributed by atoms with Crippen molar-refractivity contribution in [2.24, 2.45) is 5.73 Å². The van der Waals surface area contributed by atoms with Crippen LogP contribution in [0.15, 0.2) is 18.2 Å². The molecule has 1 aromatic carbocycles. The molecule has 0 amide bonds. The summed E-state index contributed by atoms with van der Waals surface area (Å²) in [5.41, 5.74) is 7.40. The van der Waals surface area contributed by atoms with Gasteiger partial charge in [-0.2, -0.15) is 0 Å². The molecule has 0 saturated carbocycles. The molecule has 2 nitrogen and oxygen atoms in total. The zero-order valence-electron chi connectivity index (χ0n) is 7.55. The predicted molar refractivity (Wildman–Crippen MR) is 51.2 cm³/mol. The standard InChI is InChI=1S/C10H13FN2/c1-6(12)10-5-7-8(11)3-2-4-9(7)13-10/h2-4,6,10,13H,5,12H2,1H3. The van der Waals surface area contributed by atoms with Crippen molar-refractivity contribution >= 4 is 5.69 Å². The maximum atomic E-state index is 13.2. The molecule has 0 spiro atoms. The van der Waals surface area contributed by atoms with Crippen LogP contribution < -0.4 is 11.1 Å². The Labute approximate surface area is 76.9 Å². The maximum Gasteiger partial charge on any atom is 0.128 e. The Bertz CT molecular complexity index is 323. The molecule has 0 fully saturated rings. The molecule has 70 valence electrons. The van der Waals surface area contributed by atoms with Gasteiger partial charge in [-0.1, -0.05) is 6.07 Å². The van der Waals surface area contributed by atoms with Gasteiger partial charge in [0.2, 0.25) is 0 Å². The molecule has 1 aliphatic heterocycles. The van der Waals surface area contributed by atoms with E-state index in [1.807, 2.05) is 13.0 Å². The van der Waals surface area contributed by atoms with Crippen LogP contribution in [0, 0.1) is 5.82 Å². The zero-order valence-corrected chi connectivity index (χ0v) is 7.55. The molecule has 3 heteroatoms. The van der Waals surface area contributed by atoms with Gasteiger partial charge in [0.1, 0.15) is 5.82 Å². The highest BCUT2D eigenvalue weighted by Crippen LogP contribution is 2.28. The Balaban J connectivity index is 2.30. The Morgan fingerprint density at radius 3 is 3.00 bits per heavy atom. The SMILES string of the molecule is CC(N)C1Cc2c(F)cccc2N1. The third kappa shape index (κ3) is 1.40. The number of benzene rings is 1. The highest BCUT2D eigenvalue weighted by Gasteiger charge is 2.25. The number of halogens is 1. The predicted octanol–water partition coefficient (Wildman–Crippen LogP) is 1.51. The van der Waals surface area contributed by atoms with Crippen LogP contribution in [0.5, 0.6) is 0 Å². The lowest BCUT2D eigenvalue weighted by Gasteiger charge is -2.14. The topological polar surface area (TPSA) is 38.0 Å². The second-order valence-electron chi connectivity index (χ2n) is 3.58. The fraction of sp³-hybridized carbons (Fsp3) is 0.400. The lowest BCUT2D eigenvalue weighted by molar-refractivity contribution is 0.581. The van der Waals surface area contributed by atoms with Crippen molar-refractivity contribution in [2.75, 3.05) is 5.32 Å². The summed E-state index contributed by atoms with van der Waals surface area (Å²) >= 11 is 0. The molecular formula is C10H13FN2. The lowest BCUT2D eigenvalue weighted by Crippen LogP contribution is -2.36. The summed E-state index contributed by atoms with van der Waals surface area (Å²) in [6.07, 6.45) is 0.694. The van der Waals surface area contributed by atoms with Crippen molar-refractivity contribution in [3.63, 3.8) is 0 Å². The average Bonchev–Trinajstić information content (AvgIpc) is 2.49. The van der Waals surface area contributed by atoms with Crippen LogP contribution in [0.3, 0.4) is 0 Å². The molecule has 3 N–H and O–H groups in total. The molecule has 0 bridgehead atoms. The van der Waals surface area contributed by atoms with Crippen LogP contribution in [-0.2, 0) is 6.42 Å². The number of hydrogen-bond donors (Lipinski definition) is 2.